The van der Waals surface area contributed by atoms with Crippen LogP contribution in [-0.2, 0) is 0 Å². The lowest BCUT2D eigenvalue weighted by atomic mass is 9.99. The number of hydrogen-bond acceptors (Lipinski definition) is 5. The molecule has 1 aromatic heterocycles. The number of piperazine rings is 1. The van der Waals surface area contributed by atoms with E-state index in [0.717, 1.165) is 43.9 Å². The van der Waals surface area contributed by atoms with Crippen LogP contribution in [0, 0.1) is 22.7 Å². The molecule has 0 radical (unpaired) electrons. The fourth-order valence-corrected chi connectivity index (χ4v) is 2.87. The topological polar surface area (TPSA) is 75.7 Å². The van der Waals surface area contributed by atoms with Crippen LogP contribution in [0.5, 0.6) is 0 Å². The smallest absolute Gasteiger partial charge is 0.146 e. The summed E-state index contributed by atoms with van der Waals surface area (Å²) in [5, 5.41) is 22.2. The summed E-state index contributed by atoms with van der Waals surface area (Å²) in [4.78, 5) is 6.56. The van der Waals surface area contributed by atoms with Gasteiger partial charge in [-0.1, -0.05) is 0 Å². The molecule has 2 heterocycles. The van der Waals surface area contributed by atoms with Gasteiger partial charge in [0, 0.05) is 31.9 Å². The molecule has 20 heavy (non-hydrogen) atoms. The van der Waals surface area contributed by atoms with Gasteiger partial charge in [0.25, 0.3) is 0 Å². The van der Waals surface area contributed by atoms with E-state index in [0.29, 0.717) is 23.1 Å². The van der Waals surface area contributed by atoms with Crippen molar-refractivity contribution in [3.63, 3.8) is 0 Å². The van der Waals surface area contributed by atoms with E-state index in [1.54, 1.807) is 6.20 Å². The number of rotatable bonds is 2. The Kier molecular flexibility index (Phi) is 3.30. The van der Waals surface area contributed by atoms with Crippen molar-refractivity contribution in [2.24, 2.45) is 0 Å². The Labute approximate surface area is 118 Å². The molecule has 0 spiro atoms. The second-order valence-corrected chi connectivity index (χ2v) is 5.58. The average molecular weight is 267 g/mol. The lowest BCUT2D eigenvalue weighted by Gasteiger charge is -2.33. The van der Waals surface area contributed by atoms with Crippen molar-refractivity contribution in [1.82, 2.24) is 10.3 Å². The van der Waals surface area contributed by atoms with Crippen LogP contribution >= 0.6 is 0 Å². The second-order valence-electron chi connectivity index (χ2n) is 5.58. The van der Waals surface area contributed by atoms with E-state index in [2.05, 4.69) is 34.3 Å². The first-order valence-electron chi connectivity index (χ1n) is 7.06. The molecule has 2 fully saturated rings. The van der Waals surface area contributed by atoms with Gasteiger partial charge in [0.15, 0.2) is 0 Å². The fourth-order valence-electron chi connectivity index (χ4n) is 2.87. The van der Waals surface area contributed by atoms with Crippen molar-refractivity contribution in [3.8, 4) is 12.1 Å². The van der Waals surface area contributed by atoms with Gasteiger partial charge in [-0.3, -0.25) is 0 Å². The first-order valence-corrected chi connectivity index (χ1v) is 7.06. The molecule has 1 atom stereocenters. The standard InChI is InChI=1S/C15H17N5/c1-10-9-20(5-4-18-10)15-13(7-17)14(11-2-3-11)12(6-16)8-19-15/h8,10-11,18H,2-5,9H2,1H3. The Hall–Kier alpha value is -2.11. The molecular formula is C15H17N5. The number of aromatic nitrogens is 1. The van der Waals surface area contributed by atoms with Gasteiger partial charge in [-0.25, -0.2) is 4.98 Å². The van der Waals surface area contributed by atoms with Gasteiger partial charge >= 0.3 is 0 Å². The maximum Gasteiger partial charge on any atom is 0.146 e. The highest BCUT2D eigenvalue weighted by Crippen LogP contribution is 2.44. The molecule has 3 rings (SSSR count). The van der Waals surface area contributed by atoms with Crippen LogP contribution in [-0.4, -0.2) is 30.7 Å². The fraction of sp³-hybridized carbons (Fsp3) is 0.533. The minimum absolute atomic E-state index is 0.376. The molecule has 2 aliphatic rings. The maximum absolute atomic E-state index is 9.55. The number of nitrogens with one attached hydrogen (secondary N) is 1. The van der Waals surface area contributed by atoms with Crippen LogP contribution in [0.1, 0.15) is 42.4 Å². The summed E-state index contributed by atoms with van der Waals surface area (Å²) in [6.45, 7) is 4.72. The lowest BCUT2D eigenvalue weighted by Crippen LogP contribution is -2.49. The summed E-state index contributed by atoms with van der Waals surface area (Å²) in [7, 11) is 0. The second kappa shape index (κ2) is 5.11. The van der Waals surface area contributed by atoms with E-state index in [1.807, 2.05) is 0 Å². The minimum Gasteiger partial charge on any atom is -0.353 e. The zero-order chi connectivity index (χ0) is 14.1. The Morgan fingerprint density at radius 1 is 1.35 bits per heavy atom. The van der Waals surface area contributed by atoms with Crippen LogP contribution < -0.4 is 10.2 Å². The molecule has 0 amide bonds. The van der Waals surface area contributed by atoms with Crippen molar-refractivity contribution < 1.29 is 0 Å². The Morgan fingerprint density at radius 2 is 2.15 bits per heavy atom. The van der Waals surface area contributed by atoms with Crippen LogP contribution in [0.4, 0.5) is 5.82 Å². The highest BCUT2D eigenvalue weighted by atomic mass is 15.2. The maximum atomic E-state index is 9.55. The van der Waals surface area contributed by atoms with Gasteiger partial charge in [-0.2, -0.15) is 10.5 Å². The van der Waals surface area contributed by atoms with Gasteiger partial charge in [0.2, 0.25) is 0 Å². The average Bonchev–Trinajstić information content (AvgIpc) is 3.30. The molecule has 1 saturated carbocycles. The molecule has 1 N–H and O–H groups in total. The molecule has 0 aromatic carbocycles. The van der Waals surface area contributed by atoms with E-state index >= 15 is 0 Å². The van der Waals surface area contributed by atoms with Gasteiger partial charge in [-0.15, -0.1) is 0 Å². The Morgan fingerprint density at radius 3 is 2.75 bits per heavy atom. The lowest BCUT2D eigenvalue weighted by molar-refractivity contribution is 0.482. The Bertz CT molecular complexity index is 606. The molecule has 1 unspecified atom stereocenters. The van der Waals surface area contributed by atoms with E-state index in [1.165, 1.54) is 0 Å². The third kappa shape index (κ3) is 2.21. The molecular weight excluding hydrogens is 250 g/mol. The summed E-state index contributed by atoms with van der Waals surface area (Å²) >= 11 is 0. The summed E-state index contributed by atoms with van der Waals surface area (Å²) < 4.78 is 0. The monoisotopic (exact) mass is 267 g/mol. The highest BCUT2D eigenvalue weighted by molar-refractivity contribution is 5.63. The van der Waals surface area contributed by atoms with Crippen LogP contribution in [0.25, 0.3) is 0 Å². The first kappa shape index (κ1) is 12.9. The first-order chi connectivity index (χ1) is 9.74. The van der Waals surface area contributed by atoms with E-state index in [-0.39, 0.29) is 0 Å². The van der Waals surface area contributed by atoms with Crippen LogP contribution in [0.3, 0.4) is 0 Å². The third-order valence-electron chi connectivity index (χ3n) is 3.99. The minimum atomic E-state index is 0.376. The zero-order valence-corrected chi connectivity index (χ0v) is 11.6. The van der Waals surface area contributed by atoms with Gasteiger partial charge < -0.3 is 10.2 Å². The molecule has 102 valence electrons. The van der Waals surface area contributed by atoms with Crippen molar-refractivity contribution in [3.05, 3.63) is 22.9 Å². The van der Waals surface area contributed by atoms with E-state index < -0.39 is 0 Å². The van der Waals surface area contributed by atoms with Crippen LogP contribution in [0.15, 0.2) is 6.20 Å². The number of hydrogen-bond donors (Lipinski definition) is 1. The largest absolute Gasteiger partial charge is 0.353 e. The van der Waals surface area contributed by atoms with Gasteiger partial charge in [0.05, 0.1) is 11.1 Å². The van der Waals surface area contributed by atoms with Crippen molar-refractivity contribution in [2.75, 3.05) is 24.5 Å². The summed E-state index contributed by atoms with van der Waals surface area (Å²) in [6.07, 6.45) is 3.78. The Balaban J connectivity index is 2.05. The van der Waals surface area contributed by atoms with Gasteiger partial charge in [0.1, 0.15) is 18.0 Å². The molecule has 1 aliphatic heterocycles. The number of nitriles is 2. The summed E-state index contributed by atoms with van der Waals surface area (Å²) in [6, 6.07) is 4.87. The molecule has 1 aromatic rings. The SMILES string of the molecule is CC1CN(c2ncc(C#N)c(C3CC3)c2C#N)CCN1. The molecule has 5 heteroatoms. The molecule has 0 bridgehead atoms. The normalized spacial score (nSPS) is 22.1. The van der Waals surface area contributed by atoms with Crippen LogP contribution in [0.2, 0.25) is 0 Å². The van der Waals surface area contributed by atoms with E-state index in [4.69, 9.17) is 0 Å². The summed E-state index contributed by atoms with van der Waals surface area (Å²) in [5.74, 6) is 1.13. The summed E-state index contributed by atoms with van der Waals surface area (Å²) in [5.41, 5.74) is 2.10. The van der Waals surface area contributed by atoms with Gasteiger partial charge in [-0.05, 0) is 31.2 Å². The third-order valence-corrected chi connectivity index (χ3v) is 3.99. The zero-order valence-electron chi connectivity index (χ0n) is 11.6. The predicted molar refractivity (Wildman–Crippen MR) is 75.3 cm³/mol. The number of anilines is 1. The quantitative estimate of drug-likeness (QED) is 0.878. The molecule has 1 aliphatic carbocycles. The van der Waals surface area contributed by atoms with Crippen molar-refractivity contribution >= 4 is 5.82 Å². The van der Waals surface area contributed by atoms with Crippen molar-refractivity contribution in [1.29, 1.82) is 10.5 Å². The predicted octanol–water partition coefficient (Wildman–Crippen LogP) is 1.50. The molecule has 1 saturated heterocycles. The number of pyridine rings is 1. The van der Waals surface area contributed by atoms with Crippen molar-refractivity contribution in [2.45, 2.75) is 31.7 Å². The molecule has 5 nitrogen and oxygen atoms in total. The highest BCUT2D eigenvalue weighted by Gasteiger charge is 2.32. The number of nitrogens with zero attached hydrogens (tertiary/aromatic N) is 4. The van der Waals surface area contributed by atoms with E-state index in [9.17, 15) is 10.5 Å².